The van der Waals surface area contributed by atoms with Gasteiger partial charge < -0.3 is 24.6 Å². The van der Waals surface area contributed by atoms with Gasteiger partial charge >= 0.3 is 5.97 Å². The van der Waals surface area contributed by atoms with Crippen LogP contribution >= 0.6 is 0 Å². The van der Waals surface area contributed by atoms with E-state index in [1.165, 1.54) is 0 Å². The van der Waals surface area contributed by atoms with Crippen LogP contribution in [0.25, 0.3) is 0 Å². The van der Waals surface area contributed by atoms with Crippen molar-refractivity contribution >= 4 is 11.9 Å². The molecule has 0 aromatic heterocycles. The number of aliphatic carboxylic acids is 1. The third-order valence-corrected chi connectivity index (χ3v) is 3.73. The highest BCUT2D eigenvalue weighted by Gasteiger charge is 2.45. The van der Waals surface area contributed by atoms with Crippen molar-refractivity contribution < 1.29 is 28.9 Å². The molecule has 1 fully saturated rings. The van der Waals surface area contributed by atoms with Gasteiger partial charge in [0, 0.05) is 23.9 Å². The Labute approximate surface area is 134 Å². The third kappa shape index (κ3) is 4.59. The summed E-state index contributed by atoms with van der Waals surface area (Å²) in [6, 6.07) is 5.55. The van der Waals surface area contributed by atoms with E-state index in [-0.39, 0.29) is 31.0 Å². The fourth-order valence-electron chi connectivity index (χ4n) is 2.49. The van der Waals surface area contributed by atoms with Gasteiger partial charge in [-0.05, 0) is 24.6 Å². The van der Waals surface area contributed by atoms with Gasteiger partial charge in [0.05, 0.1) is 20.8 Å². The van der Waals surface area contributed by atoms with Gasteiger partial charge in [-0.25, -0.2) is 4.79 Å². The molecule has 2 N–H and O–H groups in total. The van der Waals surface area contributed by atoms with E-state index in [0.29, 0.717) is 6.54 Å². The van der Waals surface area contributed by atoms with Gasteiger partial charge in [0.25, 0.3) is 0 Å². The van der Waals surface area contributed by atoms with Gasteiger partial charge in [-0.3, -0.25) is 4.79 Å². The normalized spacial score (nSPS) is 19.0. The molecule has 0 spiro atoms. The van der Waals surface area contributed by atoms with Crippen LogP contribution in [0, 0.1) is 5.92 Å². The number of carboxylic acid groups (broad SMARTS) is 1. The van der Waals surface area contributed by atoms with Crippen LogP contribution in [0.2, 0.25) is 0 Å². The summed E-state index contributed by atoms with van der Waals surface area (Å²) in [4.78, 5) is 22.4. The topological polar surface area (TPSA) is 94.1 Å². The lowest BCUT2D eigenvalue weighted by Crippen LogP contribution is -2.29. The molecule has 0 bridgehead atoms. The molecule has 7 nitrogen and oxygen atoms in total. The van der Waals surface area contributed by atoms with Crippen molar-refractivity contribution in [3.8, 4) is 11.5 Å². The molecule has 0 radical (unpaired) electrons. The first-order valence-electron chi connectivity index (χ1n) is 7.36. The lowest BCUT2D eigenvalue weighted by atomic mass is 10.1. The van der Waals surface area contributed by atoms with Crippen molar-refractivity contribution in [3.05, 3.63) is 23.8 Å². The van der Waals surface area contributed by atoms with Crippen molar-refractivity contribution in [2.45, 2.75) is 12.3 Å². The van der Waals surface area contributed by atoms with Gasteiger partial charge in [0.2, 0.25) is 5.91 Å². The number of ether oxygens (including phenoxy) is 3. The van der Waals surface area contributed by atoms with Gasteiger partial charge in [0.1, 0.15) is 18.1 Å². The van der Waals surface area contributed by atoms with Gasteiger partial charge in [-0.2, -0.15) is 0 Å². The number of carbonyl (C=O) groups is 2. The second kappa shape index (κ2) is 7.82. The highest BCUT2D eigenvalue weighted by Crippen LogP contribution is 2.51. The number of carbonyl (C=O) groups excluding carboxylic acids is 1. The zero-order valence-electron chi connectivity index (χ0n) is 13.2. The standard InChI is InChI=1S/C16H21NO6/c1-21-10-3-4-14(22-2)12(7-10)11-8-13(11)16(20)17-5-6-23-9-15(18)19/h3-4,7,11,13H,5-6,8-9H2,1-2H3,(H,17,20)(H,18,19). The summed E-state index contributed by atoms with van der Waals surface area (Å²) in [6.45, 7) is 0.116. The number of benzene rings is 1. The first-order chi connectivity index (χ1) is 11.1. The number of hydrogen-bond acceptors (Lipinski definition) is 5. The molecule has 2 rings (SSSR count). The summed E-state index contributed by atoms with van der Waals surface area (Å²) in [5.74, 6) is 0.405. The average molecular weight is 323 g/mol. The summed E-state index contributed by atoms with van der Waals surface area (Å²) >= 11 is 0. The number of amides is 1. The van der Waals surface area contributed by atoms with E-state index < -0.39 is 5.97 Å². The maximum atomic E-state index is 12.1. The number of methoxy groups -OCH3 is 2. The van der Waals surface area contributed by atoms with Crippen LogP contribution in [0.1, 0.15) is 17.9 Å². The summed E-state index contributed by atoms with van der Waals surface area (Å²) in [6.07, 6.45) is 0.755. The Morgan fingerprint density at radius 2 is 2.09 bits per heavy atom. The largest absolute Gasteiger partial charge is 0.497 e. The number of carboxylic acids is 1. The van der Waals surface area contributed by atoms with E-state index in [1.54, 1.807) is 14.2 Å². The molecule has 0 heterocycles. The number of rotatable bonds is 9. The molecule has 1 aromatic carbocycles. The Hall–Kier alpha value is -2.28. The maximum Gasteiger partial charge on any atom is 0.329 e. The highest BCUT2D eigenvalue weighted by atomic mass is 16.5. The Morgan fingerprint density at radius 1 is 1.30 bits per heavy atom. The van der Waals surface area contributed by atoms with E-state index in [2.05, 4.69) is 5.32 Å². The van der Waals surface area contributed by atoms with Crippen LogP contribution in [0.3, 0.4) is 0 Å². The lowest BCUT2D eigenvalue weighted by molar-refractivity contribution is -0.142. The molecule has 1 aliphatic carbocycles. The molecule has 1 amide bonds. The number of nitrogens with one attached hydrogen (secondary N) is 1. The predicted octanol–water partition coefficient (Wildman–Crippen LogP) is 1.02. The zero-order chi connectivity index (χ0) is 16.8. The summed E-state index contributed by atoms with van der Waals surface area (Å²) in [7, 11) is 3.20. The molecular formula is C16H21NO6. The molecule has 0 saturated heterocycles. The van der Waals surface area contributed by atoms with Gasteiger partial charge in [0.15, 0.2) is 0 Å². The zero-order valence-corrected chi connectivity index (χ0v) is 13.2. The molecule has 1 aromatic rings. The van der Waals surface area contributed by atoms with Crippen LogP contribution in [0.15, 0.2) is 18.2 Å². The van der Waals surface area contributed by atoms with Crippen molar-refractivity contribution in [2.24, 2.45) is 5.92 Å². The van der Waals surface area contributed by atoms with Crippen LogP contribution in [0.5, 0.6) is 11.5 Å². The summed E-state index contributed by atoms with van der Waals surface area (Å²) in [5, 5.41) is 11.2. The molecule has 0 aliphatic heterocycles. The molecule has 126 valence electrons. The van der Waals surface area contributed by atoms with Crippen molar-refractivity contribution in [1.29, 1.82) is 0 Å². The molecular weight excluding hydrogens is 302 g/mol. The van der Waals surface area contributed by atoms with Crippen LogP contribution < -0.4 is 14.8 Å². The molecule has 1 saturated carbocycles. The molecule has 23 heavy (non-hydrogen) atoms. The van der Waals surface area contributed by atoms with Gasteiger partial charge in [-0.1, -0.05) is 0 Å². The Balaban J connectivity index is 1.84. The Morgan fingerprint density at radius 3 is 2.74 bits per heavy atom. The Kier molecular flexibility index (Phi) is 5.81. The van der Waals surface area contributed by atoms with E-state index in [4.69, 9.17) is 19.3 Å². The molecule has 2 atom stereocenters. The minimum atomic E-state index is -1.02. The Bertz CT molecular complexity index is 574. The maximum absolute atomic E-state index is 12.1. The smallest absolute Gasteiger partial charge is 0.329 e. The fraction of sp³-hybridized carbons (Fsp3) is 0.500. The highest BCUT2D eigenvalue weighted by molar-refractivity contribution is 5.83. The quantitative estimate of drug-likeness (QED) is 0.659. The van der Waals surface area contributed by atoms with E-state index >= 15 is 0 Å². The average Bonchev–Trinajstić information content (AvgIpc) is 3.34. The predicted molar refractivity (Wildman–Crippen MR) is 81.9 cm³/mol. The molecule has 2 unspecified atom stereocenters. The minimum absolute atomic E-state index is 0.0567. The SMILES string of the molecule is COc1ccc(OC)c(C2CC2C(=O)NCCOCC(=O)O)c1. The summed E-state index contributed by atoms with van der Waals surface area (Å²) in [5.41, 5.74) is 0.967. The minimum Gasteiger partial charge on any atom is -0.497 e. The summed E-state index contributed by atoms with van der Waals surface area (Å²) < 4.78 is 15.4. The van der Waals surface area contributed by atoms with E-state index in [0.717, 1.165) is 23.5 Å². The van der Waals surface area contributed by atoms with Crippen molar-refractivity contribution in [1.82, 2.24) is 5.32 Å². The van der Waals surface area contributed by atoms with E-state index in [1.807, 2.05) is 18.2 Å². The number of hydrogen-bond donors (Lipinski definition) is 2. The van der Waals surface area contributed by atoms with Crippen molar-refractivity contribution in [2.75, 3.05) is 34.0 Å². The van der Waals surface area contributed by atoms with Crippen LogP contribution in [-0.4, -0.2) is 51.0 Å². The molecule has 1 aliphatic rings. The lowest BCUT2D eigenvalue weighted by Gasteiger charge is -2.10. The van der Waals surface area contributed by atoms with E-state index in [9.17, 15) is 9.59 Å². The first kappa shape index (κ1) is 17.1. The second-order valence-electron chi connectivity index (χ2n) is 5.29. The monoisotopic (exact) mass is 323 g/mol. The fourth-order valence-corrected chi connectivity index (χ4v) is 2.49. The van der Waals surface area contributed by atoms with Crippen LogP contribution in [0.4, 0.5) is 0 Å². The van der Waals surface area contributed by atoms with Crippen molar-refractivity contribution in [3.63, 3.8) is 0 Å². The molecule has 7 heteroatoms. The first-order valence-corrected chi connectivity index (χ1v) is 7.36. The van der Waals surface area contributed by atoms with Gasteiger partial charge in [-0.15, -0.1) is 0 Å². The second-order valence-corrected chi connectivity index (χ2v) is 5.29. The van der Waals surface area contributed by atoms with Crippen LogP contribution in [-0.2, 0) is 14.3 Å². The third-order valence-electron chi connectivity index (χ3n) is 3.73.